The van der Waals surface area contributed by atoms with E-state index in [4.69, 9.17) is 4.98 Å². The zero-order chi connectivity index (χ0) is 27.0. The van der Waals surface area contributed by atoms with Crippen LogP contribution in [0.25, 0.3) is 10.2 Å². The van der Waals surface area contributed by atoms with Gasteiger partial charge in [-0.2, -0.15) is 4.31 Å². The number of benzene rings is 3. The first-order chi connectivity index (χ1) is 18.1. The Kier molecular flexibility index (Phi) is 7.30. The Labute approximate surface area is 224 Å². The molecule has 0 N–H and O–H groups in total. The number of aromatic nitrogens is 1. The molecule has 0 saturated carbocycles. The highest BCUT2D eigenvalue weighted by Crippen LogP contribution is 2.35. The van der Waals surface area contributed by atoms with E-state index < -0.39 is 27.6 Å². The Morgan fingerprint density at radius 1 is 1.03 bits per heavy atom. The van der Waals surface area contributed by atoms with Gasteiger partial charge in [0.1, 0.15) is 0 Å². The second-order valence-electron chi connectivity index (χ2n) is 9.59. The lowest BCUT2D eigenvalue weighted by atomic mass is 9.96. The summed E-state index contributed by atoms with van der Waals surface area (Å²) in [4.78, 5) is 20.1. The maximum Gasteiger partial charge on any atom is 0.243 e. The SMILES string of the molecule is Cc1cc(C)c2sc(N(Cc3ccccc3)C(=O)C3CCN(S(=O)(=O)c4ccc(F)c(F)c4)CC3)nc2c1. The predicted molar refractivity (Wildman–Crippen MR) is 145 cm³/mol. The van der Waals surface area contributed by atoms with Gasteiger partial charge in [0.15, 0.2) is 16.8 Å². The van der Waals surface area contributed by atoms with Crippen LogP contribution in [0.2, 0.25) is 0 Å². The summed E-state index contributed by atoms with van der Waals surface area (Å²) in [5, 5.41) is 0.611. The minimum atomic E-state index is -4.01. The average Bonchev–Trinajstić information content (AvgIpc) is 3.33. The summed E-state index contributed by atoms with van der Waals surface area (Å²) in [6, 6.07) is 16.3. The number of carbonyl (C=O) groups is 1. The van der Waals surface area contributed by atoms with Gasteiger partial charge < -0.3 is 0 Å². The molecule has 198 valence electrons. The first-order valence-electron chi connectivity index (χ1n) is 12.3. The molecule has 38 heavy (non-hydrogen) atoms. The van der Waals surface area contributed by atoms with Gasteiger partial charge >= 0.3 is 0 Å². The van der Waals surface area contributed by atoms with Crippen molar-refractivity contribution in [1.29, 1.82) is 0 Å². The molecule has 0 spiro atoms. The number of rotatable bonds is 6. The third-order valence-corrected chi connectivity index (χ3v) is 9.95. The third-order valence-electron chi connectivity index (χ3n) is 6.82. The van der Waals surface area contributed by atoms with E-state index in [1.54, 1.807) is 4.90 Å². The lowest BCUT2D eigenvalue weighted by Gasteiger charge is -2.33. The number of amides is 1. The minimum absolute atomic E-state index is 0.104. The van der Waals surface area contributed by atoms with Crippen LogP contribution in [0.5, 0.6) is 0 Å². The van der Waals surface area contributed by atoms with Gasteiger partial charge in [-0.25, -0.2) is 22.2 Å². The minimum Gasteiger partial charge on any atom is -0.283 e. The fraction of sp³-hybridized carbons (Fsp3) is 0.286. The van der Waals surface area contributed by atoms with E-state index in [-0.39, 0.29) is 23.9 Å². The Morgan fingerprint density at radius 2 is 1.74 bits per heavy atom. The Morgan fingerprint density at radius 3 is 2.42 bits per heavy atom. The molecular formula is C28H27F2N3O3S2. The molecular weight excluding hydrogens is 528 g/mol. The van der Waals surface area contributed by atoms with Crippen LogP contribution < -0.4 is 4.90 Å². The van der Waals surface area contributed by atoms with Crippen LogP contribution in [0.3, 0.4) is 0 Å². The van der Waals surface area contributed by atoms with E-state index in [2.05, 4.69) is 6.07 Å². The van der Waals surface area contributed by atoms with E-state index >= 15 is 0 Å². The van der Waals surface area contributed by atoms with E-state index in [1.807, 2.05) is 50.2 Å². The molecule has 1 amide bonds. The monoisotopic (exact) mass is 555 g/mol. The van der Waals surface area contributed by atoms with Gasteiger partial charge in [-0.15, -0.1) is 0 Å². The zero-order valence-corrected chi connectivity index (χ0v) is 22.7. The van der Waals surface area contributed by atoms with Crippen molar-refractivity contribution in [1.82, 2.24) is 9.29 Å². The zero-order valence-electron chi connectivity index (χ0n) is 21.0. The molecule has 1 aliphatic rings. The van der Waals surface area contributed by atoms with Gasteiger partial charge in [0, 0.05) is 19.0 Å². The molecule has 1 fully saturated rings. The highest BCUT2D eigenvalue weighted by Gasteiger charge is 2.35. The summed E-state index contributed by atoms with van der Waals surface area (Å²) in [5.41, 5.74) is 4.01. The smallest absolute Gasteiger partial charge is 0.243 e. The van der Waals surface area contributed by atoms with Gasteiger partial charge in [-0.1, -0.05) is 47.7 Å². The molecule has 0 bridgehead atoms. The predicted octanol–water partition coefficient (Wildman–Crippen LogP) is 5.83. The lowest BCUT2D eigenvalue weighted by Crippen LogP contribution is -2.44. The molecule has 1 saturated heterocycles. The molecule has 0 aliphatic carbocycles. The summed E-state index contributed by atoms with van der Waals surface area (Å²) in [6.45, 7) is 4.61. The first kappa shape index (κ1) is 26.4. The lowest BCUT2D eigenvalue weighted by molar-refractivity contribution is -0.123. The van der Waals surface area contributed by atoms with Crippen molar-refractivity contribution in [2.75, 3.05) is 18.0 Å². The maximum atomic E-state index is 13.9. The van der Waals surface area contributed by atoms with Crippen LogP contribution in [0.15, 0.2) is 65.6 Å². The second-order valence-corrected chi connectivity index (χ2v) is 12.5. The van der Waals surface area contributed by atoms with Crippen LogP contribution in [0, 0.1) is 31.4 Å². The van der Waals surface area contributed by atoms with Crippen LogP contribution in [0.1, 0.15) is 29.5 Å². The van der Waals surface area contributed by atoms with Crippen LogP contribution in [-0.4, -0.2) is 36.7 Å². The molecule has 0 unspecified atom stereocenters. The van der Waals surface area contributed by atoms with Crippen molar-refractivity contribution < 1.29 is 22.0 Å². The molecule has 5 rings (SSSR count). The molecule has 1 aromatic heterocycles. The molecule has 0 radical (unpaired) electrons. The van der Waals surface area contributed by atoms with Crippen molar-refractivity contribution in [2.45, 2.75) is 38.1 Å². The number of fused-ring (bicyclic) bond motifs is 1. The van der Waals surface area contributed by atoms with Crippen molar-refractivity contribution >= 4 is 42.6 Å². The number of hydrogen-bond donors (Lipinski definition) is 0. The van der Waals surface area contributed by atoms with Gasteiger partial charge in [-0.05, 0) is 67.6 Å². The molecule has 3 aromatic carbocycles. The fourth-order valence-corrected chi connectivity index (χ4v) is 7.34. The van der Waals surface area contributed by atoms with E-state index in [0.29, 0.717) is 30.6 Å². The Bertz CT molecular complexity index is 1600. The number of hydrogen-bond acceptors (Lipinski definition) is 5. The molecule has 10 heteroatoms. The van der Waals surface area contributed by atoms with Crippen molar-refractivity contribution in [2.24, 2.45) is 5.92 Å². The molecule has 1 aliphatic heterocycles. The molecule has 0 atom stereocenters. The number of thiazole rings is 1. The normalized spacial score (nSPS) is 15.2. The second kappa shape index (κ2) is 10.5. The van der Waals surface area contributed by atoms with Crippen molar-refractivity contribution in [3.8, 4) is 0 Å². The first-order valence-corrected chi connectivity index (χ1v) is 14.6. The van der Waals surface area contributed by atoms with Crippen molar-refractivity contribution in [3.63, 3.8) is 0 Å². The molecule has 4 aromatic rings. The number of anilines is 1. The molecule has 2 heterocycles. The van der Waals surface area contributed by atoms with E-state index in [1.165, 1.54) is 15.6 Å². The summed E-state index contributed by atoms with van der Waals surface area (Å²) in [7, 11) is -4.01. The number of sulfonamides is 1. The van der Waals surface area contributed by atoms with Crippen LogP contribution in [0.4, 0.5) is 13.9 Å². The maximum absolute atomic E-state index is 13.9. The Balaban J connectivity index is 1.39. The number of aryl methyl sites for hydroxylation is 2. The highest BCUT2D eigenvalue weighted by atomic mass is 32.2. The number of halogens is 2. The van der Waals surface area contributed by atoms with E-state index in [0.717, 1.165) is 39.0 Å². The van der Waals surface area contributed by atoms with Crippen molar-refractivity contribution in [3.05, 3.63) is 89.0 Å². The standard InChI is InChI=1S/C28H27F2N3O3S2/c1-18-14-19(2)26-25(15-18)31-28(37-26)33(17-20-6-4-3-5-7-20)27(34)21-10-12-32(13-11-21)38(35,36)22-8-9-23(29)24(30)16-22/h3-9,14-16,21H,10-13,17H2,1-2H3. The molecule has 6 nitrogen and oxygen atoms in total. The number of carbonyl (C=O) groups excluding carboxylic acids is 1. The largest absolute Gasteiger partial charge is 0.283 e. The van der Waals surface area contributed by atoms with Crippen LogP contribution in [-0.2, 0) is 21.4 Å². The fourth-order valence-electron chi connectivity index (χ4n) is 4.84. The summed E-state index contributed by atoms with van der Waals surface area (Å²) in [6.07, 6.45) is 0.631. The van der Waals surface area contributed by atoms with E-state index in [9.17, 15) is 22.0 Å². The Hall–Kier alpha value is -3.21. The topological polar surface area (TPSA) is 70.6 Å². The van der Waals surface area contributed by atoms with Gasteiger partial charge in [0.05, 0.1) is 21.7 Å². The number of nitrogens with zero attached hydrogens (tertiary/aromatic N) is 3. The van der Waals surface area contributed by atoms with Gasteiger partial charge in [0.2, 0.25) is 15.9 Å². The number of piperidine rings is 1. The average molecular weight is 556 g/mol. The highest BCUT2D eigenvalue weighted by molar-refractivity contribution is 7.89. The summed E-state index contributed by atoms with van der Waals surface area (Å²) >= 11 is 1.48. The quantitative estimate of drug-likeness (QED) is 0.300. The third kappa shape index (κ3) is 5.21. The summed E-state index contributed by atoms with van der Waals surface area (Å²) in [5.74, 6) is -2.82. The van der Waals surface area contributed by atoms with Gasteiger partial charge in [0.25, 0.3) is 0 Å². The summed E-state index contributed by atoms with van der Waals surface area (Å²) < 4.78 is 55.3. The van der Waals surface area contributed by atoms with Crippen LogP contribution >= 0.6 is 11.3 Å². The van der Waals surface area contributed by atoms with Gasteiger partial charge in [-0.3, -0.25) is 9.69 Å².